The third-order valence-electron chi connectivity index (χ3n) is 5.24. The molecule has 2 aromatic rings. The predicted molar refractivity (Wildman–Crippen MR) is 107 cm³/mol. The fourth-order valence-electron chi connectivity index (χ4n) is 3.74. The Morgan fingerprint density at radius 3 is 2.84 bits per heavy atom. The predicted octanol–water partition coefficient (Wildman–Crippen LogP) is 3.95. The van der Waals surface area contributed by atoms with E-state index in [1.165, 1.54) is 29.2 Å². The molecule has 0 radical (unpaired) electrons. The van der Waals surface area contributed by atoms with Crippen LogP contribution in [0.3, 0.4) is 0 Å². The third kappa shape index (κ3) is 5.45. The quantitative estimate of drug-likeness (QED) is 0.819. The SMILES string of the molecule is CC(CC(=O)NCCc1cccc2ccccc12)C1CCCNC1.Cl. The number of nitrogens with one attached hydrogen (secondary N) is 2. The van der Waals surface area contributed by atoms with Gasteiger partial charge in [-0.05, 0) is 60.5 Å². The molecular formula is C21H29ClN2O. The zero-order chi connectivity index (χ0) is 16.8. The van der Waals surface area contributed by atoms with Crippen molar-refractivity contribution >= 4 is 29.1 Å². The molecule has 0 saturated carbocycles. The second-order valence-electron chi connectivity index (χ2n) is 7.03. The van der Waals surface area contributed by atoms with Gasteiger partial charge in [0.25, 0.3) is 0 Å². The lowest BCUT2D eigenvalue weighted by Crippen LogP contribution is -2.36. The second kappa shape index (κ2) is 9.79. The summed E-state index contributed by atoms with van der Waals surface area (Å²) in [5, 5.41) is 9.10. The van der Waals surface area contributed by atoms with Crippen LogP contribution in [-0.4, -0.2) is 25.5 Å². The maximum atomic E-state index is 12.2. The van der Waals surface area contributed by atoms with Gasteiger partial charge in [0.15, 0.2) is 0 Å². The lowest BCUT2D eigenvalue weighted by atomic mass is 9.85. The van der Waals surface area contributed by atoms with Gasteiger partial charge in [0.05, 0.1) is 0 Å². The Balaban J connectivity index is 0.00000225. The smallest absolute Gasteiger partial charge is 0.220 e. The minimum Gasteiger partial charge on any atom is -0.356 e. The van der Waals surface area contributed by atoms with Crippen molar-refractivity contribution in [2.45, 2.75) is 32.6 Å². The van der Waals surface area contributed by atoms with Crippen LogP contribution < -0.4 is 10.6 Å². The number of amides is 1. The Labute approximate surface area is 157 Å². The molecule has 4 heteroatoms. The molecule has 0 bridgehead atoms. The van der Waals surface area contributed by atoms with Gasteiger partial charge in [-0.1, -0.05) is 49.4 Å². The molecule has 3 nitrogen and oxygen atoms in total. The van der Waals surface area contributed by atoms with E-state index < -0.39 is 0 Å². The highest BCUT2D eigenvalue weighted by atomic mass is 35.5. The van der Waals surface area contributed by atoms with Crippen molar-refractivity contribution in [1.29, 1.82) is 0 Å². The molecule has 0 aliphatic carbocycles. The van der Waals surface area contributed by atoms with Gasteiger partial charge >= 0.3 is 0 Å². The summed E-state index contributed by atoms with van der Waals surface area (Å²) in [4.78, 5) is 12.2. The normalized spacial score (nSPS) is 18.4. The molecule has 2 atom stereocenters. The number of carbonyl (C=O) groups excluding carboxylic acids is 1. The topological polar surface area (TPSA) is 41.1 Å². The van der Waals surface area contributed by atoms with E-state index in [-0.39, 0.29) is 18.3 Å². The van der Waals surface area contributed by atoms with Gasteiger partial charge in [-0.15, -0.1) is 12.4 Å². The van der Waals surface area contributed by atoms with Crippen LogP contribution in [0.4, 0.5) is 0 Å². The molecule has 1 aliphatic heterocycles. The first-order valence-corrected chi connectivity index (χ1v) is 9.18. The number of piperidine rings is 1. The van der Waals surface area contributed by atoms with E-state index in [1.54, 1.807) is 0 Å². The molecule has 25 heavy (non-hydrogen) atoms. The Kier molecular flexibility index (Phi) is 7.73. The first-order chi connectivity index (χ1) is 11.7. The van der Waals surface area contributed by atoms with E-state index in [2.05, 4.69) is 60.0 Å². The Hall–Kier alpha value is -1.58. The van der Waals surface area contributed by atoms with Gasteiger partial charge in [-0.25, -0.2) is 0 Å². The van der Waals surface area contributed by atoms with Gasteiger partial charge < -0.3 is 10.6 Å². The molecule has 136 valence electrons. The highest BCUT2D eigenvalue weighted by Gasteiger charge is 2.21. The maximum absolute atomic E-state index is 12.2. The standard InChI is InChI=1S/C21H28N2O.ClH/c1-16(19-9-5-12-22-15-19)14-21(24)23-13-11-18-8-4-7-17-6-2-3-10-20(17)18;/h2-4,6-8,10,16,19,22H,5,9,11-15H2,1H3,(H,23,24);1H. The molecule has 0 spiro atoms. The summed E-state index contributed by atoms with van der Waals surface area (Å²) in [6, 6.07) is 14.8. The second-order valence-corrected chi connectivity index (χ2v) is 7.03. The fourth-order valence-corrected chi connectivity index (χ4v) is 3.74. The average molecular weight is 361 g/mol. The van der Waals surface area contributed by atoms with Crippen LogP contribution in [0.1, 0.15) is 31.7 Å². The minimum atomic E-state index is 0. The van der Waals surface area contributed by atoms with Crippen molar-refractivity contribution in [2.75, 3.05) is 19.6 Å². The van der Waals surface area contributed by atoms with E-state index in [9.17, 15) is 4.79 Å². The van der Waals surface area contributed by atoms with Crippen LogP contribution in [0.15, 0.2) is 42.5 Å². The van der Waals surface area contributed by atoms with Crippen LogP contribution in [0.5, 0.6) is 0 Å². The Morgan fingerprint density at radius 2 is 2.04 bits per heavy atom. The van der Waals surface area contributed by atoms with Gasteiger partial charge in [-0.3, -0.25) is 4.79 Å². The Bertz CT molecular complexity index is 677. The number of halogens is 1. The number of hydrogen-bond acceptors (Lipinski definition) is 2. The molecular weight excluding hydrogens is 332 g/mol. The van der Waals surface area contributed by atoms with E-state index in [0.29, 0.717) is 24.8 Å². The van der Waals surface area contributed by atoms with Crippen molar-refractivity contribution in [2.24, 2.45) is 11.8 Å². The first kappa shape index (κ1) is 19.7. The Morgan fingerprint density at radius 1 is 1.24 bits per heavy atom. The fraction of sp³-hybridized carbons (Fsp3) is 0.476. The summed E-state index contributed by atoms with van der Waals surface area (Å²) in [7, 11) is 0. The molecule has 2 N–H and O–H groups in total. The van der Waals surface area contributed by atoms with E-state index in [0.717, 1.165) is 19.5 Å². The van der Waals surface area contributed by atoms with Crippen molar-refractivity contribution in [3.8, 4) is 0 Å². The number of carbonyl (C=O) groups is 1. The highest BCUT2D eigenvalue weighted by molar-refractivity contribution is 5.86. The van der Waals surface area contributed by atoms with Gasteiger partial charge in [0.1, 0.15) is 0 Å². The lowest BCUT2D eigenvalue weighted by Gasteiger charge is -2.28. The molecule has 1 heterocycles. The summed E-state index contributed by atoms with van der Waals surface area (Å²) in [5.41, 5.74) is 1.30. The van der Waals surface area contributed by atoms with Gasteiger partial charge in [0, 0.05) is 13.0 Å². The average Bonchev–Trinajstić information content (AvgIpc) is 2.62. The molecule has 2 aromatic carbocycles. The van der Waals surface area contributed by atoms with Crippen LogP contribution in [0.25, 0.3) is 10.8 Å². The zero-order valence-corrected chi connectivity index (χ0v) is 15.8. The number of fused-ring (bicyclic) bond motifs is 1. The highest BCUT2D eigenvalue weighted by Crippen LogP contribution is 2.22. The molecule has 1 aliphatic rings. The molecule has 0 aromatic heterocycles. The maximum Gasteiger partial charge on any atom is 0.220 e. The first-order valence-electron chi connectivity index (χ1n) is 9.18. The van der Waals surface area contributed by atoms with Crippen molar-refractivity contribution in [1.82, 2.24) is 10.6 Å². The third-order valence-corrected chi connectivity index (χ3v) is 5.24. The molecule has 2 unspecified atom stereocenters. The summed E-state index contributed by atoms with van der Waals surface area (Å²) in [6.07, 6.45) is 4.00. The van der Waals surface area contributed by atoms with Crippen LogP contribution in [0.2, 0.25) is 0 Å². The van der Waals surface area contributed by atoms with Gasteiger partial charge in [-0.2, -0.15) is 0 Å². The van der Waals surface area contributed by atoms with E-state index in [1.807, 2.05) is 0 Å². The molecule has 1 amide bonds. The summed E-state index contributed by atoms with van der Waals surface area (Å²) >= 11 is 0. The number of benzene rings is 2. The van der Waals surface area contributed by atoms with Crippen molar-refractivity contribution in [3.05, 3.63) is 48.0 Å². The van der Waals surface area contributed by atoms with Crippen LogP contribution in [-0.2, 0) is 11.2 Å². The van der Waals surface area contributed by atoms with Gasteiger partial charge in [0.2, 0.25) is 5.91 Å². The zero-order valence-electron chi connectivity index (χ0n) is 15.0. The minimum absolute atomic E-state index is 0. The largest absolute Gasteiger partial charge is 0.356 e. The van der Waals surface area contributed by atoms with Crippen LogP contribution in [0, 0.1) is 11.8 Å². The summed E-state index contributed by atoms with van der Waals surface area (Å²) < 4.78 is 0. The lowest BCUT2D eigenvalue weighted by molar-refractivity contribution is -0.122. The number of hydrogen-bond donors (Lipinski definition) is 2. The van der Waals surface area contributed by atoms with Crippen molar-refractivity contribution < 1.29 is 4.79 Å². The molecule has 1 saturated heterocycles. The van der Waals surface area contributed by atoms with Crippen LogP contribution >= 0.6 is 12.4 Å². The van der Waals surface area contributed by atoms with Crippen molar-refractivity contribution in [3.63, 3.8) is 0 Å². The van der Waals surface area contributed by atoms with E-state index >= 15 is 0 Å². The van der Waals surface area contributed by atoms with E-state index in [4.69, 9.17) is 0 Å². The summed E-state index contributed by atoms with van der Waals surface area (Å²) in [6.45, 7) is 5.11. The monoisotopic (exact) mass is 360 g/mol. The summed E-state index contributed by atoms with van der Waals surface area (Å²) in [5.74, 6) is 1.28. The molecule has 3 rings (SSSR count). The number of rotatable bonds is 6. The molecule has 1 fully saturated rings.